The number of anilines is 1. The van der Waals surface area contributed by atoms with Gasteiger partial charge in [-0.3, -0.25) is 9.69 Å². The van der Waals surface area contributed by atoms with Gasteiger partial charge in [0.05, 0.1) is 18.8 Å². The predicted molar refractivity (Wildman–Crippen MR) is 120 cm³/mol. The van der Waals surface area contributed by atoms with Crippen LogP contribution in [0.2, 0.25) is 0 Å². The molecule has 2 N–H and O–H groups in total. The second kappa shape index (κ2) is 7.69. The molecule has 2 fully saturated rings. The highest BCUT2D eigenvalue weighted by molar-refractivity contribution is 5.98. The summed E-state index contributed by atoms with van der Waals surface area (Å²) in [5.74, 6) is 0.306. The fourth-order valence-corrected chi connectivity index (χ4v) is 5.53. The number of allylic oxidation sites excluding steroid dienone is 1. The molecule has 2 aromatic rings. The molecule has 5 rings (SSSR count). The zero-order valence-corrected chi connectivity index (χ0v) is 18.5. The Labute approximate surface area is 187 Å². The van der Waals surface area contributed by atoms with Crippen molar-refractivity contribution >= 4 is 17.8 Å². The van der Waals surface area contributed by atoms with Gasteiger partial charge in [0.25, 0.3) is 5.91 Å². The van der Waals surface area contributed by atoms with Crippen LogP contribution in [0.5, 0.6) is 0 Å². The topological polar surface area (TPSA) is 93.7 Å². The molecule has 1 saturated carbocycles. The smallest absolute Gasteiger partial charge is 0.411 e. The zero-order chi connectivity index (χ0) is 22.5. The van der Waals surface area contributed by atoms with Crippen LogP contribution in [-0.2, 0) is 11.3 Å². The lowest BCUT2D eigenvalue weighted by atomic mass is 9.85. The lowest BCUT2D eigenvalue weighted by Crippen LogP contribution is -2.46. The van der Waals surface area contributed by atoms with Gasteiger partial charge < -0.3 is 15.4 Å². The summed E-state index contributed by atoms with van der Waals surface area (Å²) in [4.78, 5) is 28.9. The van der Waals surface area contributed by atoms with E-state index in [-0.39, 0.29) is 24.2 Å². The van der Waals surface area contributed by atoms with Crippen molar-refractivity contribution in [2.24, 2.45) is 5.73 Å². The molecule has 1 saturated heterocycles. The standard InChI is InChI=1S/C24H29N5O3/c1-24(2)20(16-7-4-3-5-8-16)29(23(31)32-24)18-11-9-17(10-12-18)27-13-6-14-28-22(27)19(15-26-28)21(25)30/h3-8,13,15,17-18,20H,9-12,14H2,1-2H3,(H2,25,30)/t17?,18?,20-/m0/s1. The number of hydrogen-bond donors (Lipinski definition) is 1. The van der Waals surface area contributed by atoms with Gasteiger partial charge in [-0.1, -0.05) is 30.3 Å². The van der Waals surface area contributed by atoms with Crippen LogP contribution in [-0.4, -0.2) is 44.4 Å². The van der Waals surface area contributed by atoms with E-state index < -0.39 is 11.5 Å². The molecule has 1 aromatic carbocycles. The Morgan fingerprint density at radius 1 is 1.12 bits per heavy atom. The van der Waals surface area contributed by atoms with Gasteiger partial charge in [0.2, 0.25) is 0 Å². The minimum absolute atomic E-state index is 0.111. The molecule has 2 aliphatic heterocycles. The highest BCUT2D eigenvalue weighted by Gasteiger charge is 2.51. The van der Waals surface area contributed by atoms with E-state index in [0.717, 1.165) is 37.1 Å². The molecule has 8 heteroatoms. The molecule has 3 aliphatic rings. The molecule has 8 nitrogen and oxygen atoms in total. The van der Waals surface area contributed by atoms with Gasteiger partial charge in [0.1, 0.15) is 17.0 Å². The average Bonchev–Trinajstić information content (AvgIpc) is 3.32. The van der Waals surface area contributed by atoms with Crippen LogP contribution in [0.25, 0.3) is 0 Å². The number of carbonyl (C=O) groups excluding carboxylic acids is 2. The first kappa shape index (κ1) is 20.6. The highest BCUT2D eigenvalue weighted by Crippen LogP contribution is 2.45. The predicted octanol–water partition coefficient (Wildman–Crippen LogP) is 3.60. The number of fused-ring (bicyclic) bond motifs is 1. The van der Waals surface area contributed by atoms with Crippen LogP contribution in [0.1, 0.15) is 61.5 Å². The summed E-state index contributed by atoms with van der Waals surface area (Å²) in [7, 11) is 0. The second-order valence-electron chi connectivity index (χ2n) is 9.37. The molecular formula is C24H29N5O3. The number of primary amides is 1. The molecule has 1 atom stereocenters. The summed E-state index contributed by atoms with van der Waals surface area (Å²) >= 11 is 0. The van der Waals surface area contributed by atoms with Gasteiger partial charge in [0, 0.05) is 18.3 Å². The molecule has 0 radical (unpaired) electrons. The van der Waals surface area contributed by atoms with Crippen molar-refractivity contribution in [2.45, 2.75) is 69.8 Å². The first-order chi connectivity index (χ1) is 15.4. The molecule has 0 spiro atoms. The number of hydrogen-bond acceptors (Lipinski definition) is 5. The van der Waals surface area contributed by atoms with Gasteiger partial charge in [-0.2, -0.15) is 5.10 Å². The van der Waals surface area contributed by atoms with Crippen LogP contribution in [0, 0.1) is 0 Å². The Balaban J connectivity index is 1.36. The highest BCUT2D eigenvalue weighted by atomic mass is 16.6. The number of aromatic nitrogens is 2. The summed E-state index contributed by atoms with van der Waals surface area (Å²) in [6.45, 7) is 4.60. The van der Waals surface area contributed by atoms with E-state index in [0.29, 0.717) is 12.1 Å². The van der Waals surface area contributed by atoms with E-state index in [2.05, 4.69) is 22.1 Å². The van der Waals surface area contributed by atoms with Gasteiger partial charge in [-0.15, -0.1) is 0 Å². The monoisotopic (exact) mass is 435 g/mol. The number of amides is 2. The Hall–Kier alpha value is -3.29. The number of benzene rings is 1. The number of cyclic esters (lactones) is 1. The molecular weight excluding hydrogens is 406 g/mol. The van der Waals surface area contributed by atoms with Gasteiger partial charge >= 0.3 is 6.09 Å². The van der Waals surface area contributed by atoms with E-state index in [1.165, 1.54) is 0 Å². The fraction of sp³-hybridized carbons (Fsp3) is 0.458. The maximum atomic E-state index is 12.9. The van der Waals surface area contributed by atoms with Crippen molar-refractivity contribution in [1.82, 2.24) is 14.7 Å². The lowest BCUT2D eigenvalue weighted by molar-refractivity contribution is 0.0664. The van der Waals surface area contributed by atoms with E-state index in [1.54, 1.807) is 6.20 Å². The third kappa shape index (κ3) is 3.34. The Kier molecular flexibility index (Phi) is 4.95. The number of rotatable bonds is 4. The van der Waals surface area contributed by atoms with Crippen LogP contribution >= 0.6 is 0 Å². The number of carbonyl (C=O) groups is 2. The third-order valence-electron chi connectivity index (χ3n) is 6.93. The molecule has 1 aliphatic carbocycles. The Morgan fingerprint density at radius 2 is 1.81 bits per heavy atom. The summed E-state index contributed by atoms with van der Waals surface area (Å²) in [5.41, 5.74) is 6.55. The van der Waals surface area contributed by atoms with Gasteiger partial charge in [-0.25, -0.2) is 9.48 Å². The van der Waals surface area contributed by atoms with Crippen LogP contribution in [0.15, 0.2) is 48.8 Å². The van der Waals surface area contributed by atoms with Crippen molar-refractivity contribution < 1.29 is 14.3 Å². The summed E-state index contributed by atoms with van der Waals surface area (Å²) in [6.07, 6.45) is 8.91. The van der Waals surface area contributed by atoms with E-state index in [4.69, 9.17) is 10.5 Å². The Morgan fingerprint density at radius 3 is 2.50 bits per heavy atom. The SMILES string of the molecule is CC1(C)OC(=O)N(C2CCC(N3C=CCn4ncc(C(N)=O)c43)CC2)[C@H]1c1ccccc1. The number of nitrogens with zero attached hydrogens (tertiary/aromatic N) is 4. The van der Waals surface area contributed by atoms with Crippen molar-refractivity contribution in [1.29, 1.82) is 0 Å². The molecule has 32 heavy (non-hydrogen) atoms. The fourth-order valence-electron chi connectivity index (χ4n) is 5.53. The third-order valence-corrected chi connectivity index (χ3v) is 6.93. The first-order valence-corrected chi connectivity index (χ1v) is 11.2. The van der Waals surface area contributed by atoms with E-state index in [1.807, 2.05) is 53.9 Å². The zero-order valence-electron chi connectivity index (χ0n) is 18.5. The van der Waals surface area contributed by atoms with E-state index >= 15 is 0 Å². The van der Waals surface area contributed by atoms with Crippen molar-refractivity contribution in [3.05, 3.63) is 59.9 Å². The molecule has 0 unspecified atom stereocenters. The second-order valence-corrected chi connectivity index (χ2v) is 9.37. The maximum absolute atomic E-state index is 12.9. The summed E-state index contributed by atoms with van der Waals surface area (Å²) in [5, 5.41) is 4.32. The maximum Gasteiger partial charge on any atom is 0.411 e. The molecule has 168 valence electrons. The van der Waals surface area contributed by atoms with Crippen LogP contribution < -0.4 is 10.6 Å². The summed E-state index contributed by atoms with van der Waals surface area (Å²) in [6, 6.07) is 10.3. The minimum Gasteiger partial charge on any atom is -0.441 e. The van der Waals surface area contributed by atoms with Gasteiger partial charge in [0.15, 0.2) is 0 Å². The summed E-state index contributed by atoms with van der Waals surface area (Å²) < 4.78 is 7.62. The number of nitrogens with two attached hydrogens (primary N) is 1. The molecule has 3 heterocycles. The average molecular weight is 436 g/mol. The molecule has 1 aromatic heterocycles. The van der Waals surface area contributed by atoms with Crippen molar-refractivity contribution in [3.63, 3.8) is 0 Å². The van der Waals surface area contributed by atoms with Crippen molar-refractivity contribution in [3.8, 4) is 0 Å². The minimum atomic E-state index is -0.590. The first-order valence-electron chi connectivity index (χ1n) is 11.2. The van der Waals surface area contributed by atoms with Gasteiger partial charge in [-0.05, 0) is 51.2 Å². The lowest BCUT2D eigenvalue weighted by Gasteiger charge is -2.41. The number of ether oxygens (including phenoxy) is 1. The van der Waals surface area contributed by atoms with Crippen molar-refractivity contribution in [2.75, 3.05) is 4.90 Å². The quantitative estimate of drug-likeness (QED) is 0.792. The normalized spacial score (nSPS) is 26.7. The van der Waals surface area contributed by atoms with E-state index in [9.17, 15) is 9.59 Å². The largest absolute Gasteiger partial charge is 0.441 e. The molecule has 2 amide bonds. The Bertz CT molecular complexity index is 1050. The van der Waals surface area contributed by atoms with Crippen LogP contribution in [0.4, 0.5) is 10.6 Å². The molecule has 0 bridgehead atoms. The van der Waals surface area contributed by atoms with Crippen LogP contribution in [0.3, 0.4) is 0 Å².